The molecule has 5 nitrogen and oxygen atoms in total. The van der Waals surface area contributed by atoms with E-state index in [9.17, 15) is 9.90 Å². The Bertz CT molecular complexity index is 1090. The third kappa shape index (κ3) is 5.22. The predicted molar refractivity (Wildman–Crippen MR) is 124 cm³/mol. The Balaban J connectivity index is 1.86. The van der Waals surface area contributed by atoms with Crippen LogP contribution in [0.25, 0.3) is 10.9 Å². The molecule has 0 aliphatic heterocycles. The van der Waals surface area contributed by atoms with Gasteiger partial charge >= 0.3 is 0 Å². The number of hydrogen-bond donors (Lipinski definition) is 3. The highest BCUT2D eigenvalue weighted by molar-refractivity contribution is 7.80. The first-order valence-electron chi connectivity index (χ1n) is 9.74. The summed E-state index contributed by atoms with van der Waals surface area (Å²) in [5.74, 6) is 0. The van der Waals surface area contributed by atoms with Crippen LogP contribution in [0.5, 0.6) is 0 Å². The second-order valence-electron chi connectivity index (χ2n) is 7.46. The van der Waals surface area contributed by atoms with Crippen LogP contribution in [0, 0.1) is 20.8 Å². The number of aryl methyl sites for hydroxylation is 3. The molecule has 2 aromatic carbocycles. The molecule has 0 unspecified atom stereocenters. The number of pyridine rings is 1. The van der Waals surface area contributed by atoms with Crippen molar-refractivity contribution in [2.24, 2.45) is 0 Å². The van der Waals surface area contributed by atoms with Crippen molar-refractivity contribution in [2.75, 3.05) is 18.5 Å². The Kier molecular flexibility index (Phi) is 6.67. The number of rotatable bonds is 6. The van der Waals surface area contributed by atoms with Crippen LogP contribution < -0.4 is 10.9 Å². The van der Waals surface area contributed by atoms with Crippen molar-refractivity contribution in [3.63, 3.8) is 0 Å². The molecule has 3 N–H and O–H groups in total. The smallest absolute Gasteiger partial charge is 0.253 e. The van der Waals surface area contributed by atoms with E-state index in [1.54, 1.807) is 0 Å². The lowest BCUT2D eigenvalue weighted by Gasteiger charge is -2.26. The summed E-state index contributed by atoms with van der Waals surface area (Å²) in [6.45, 7) is 7.11. The van der Waals surface area contributed by atoms with Crippen molar-refractivity contribution in [1.82, 2.24) is 9.88 Å². The number of nitrogens with one attached hydrogen (secondary N) is 2. The maximum absolute atomic E-state index is 12.6. The molecule has 0 bridgehead atoms. The van der Waals surface area contributed by atoms with E-state index in [2.05, 4.69) is 29.4 Å². The van der Waals surface area contributed by atoms with E-state index in [1.165, 1.54) is 5.56 Å². The summed E-state index contributed by atoms with van der Waals surface area (Å²) < 4.78 is 0. The molecule has 152 valence electrons. The van der Waals surface area contributed by atoms with E-state index in [0.717, 1.165) is 27.7 Å². The molecule has 0 atom stereocenters. The number of aliphatic hydroxyl groups is 1. The maximum atomic E-state index is 12.6. The van der Waals surface area contributed by atoms with Gasteiger partial charge < -0.3 is 20.3 Å². The minimum absolute atomic E-state index is 0.0654. The zero-order valence-corrected chi connectivity index (χ0v) is 17.9. The molecule has 0 spiro atoms. The predicted octanol–water partition coefficient (Wildman–Crippen LogP) is 4.03. The van der Waals surface area contributed by atoms with Gasteiger partial charge in [-0.1, -0.05) is 29.3 Å². The largest absolute Gasteiger partial charge is 0.396 e. The van der Waals surface area contributed by atoms with Gasteiger partial charge in [-0.05, 0) is 74.6 Å². The number of benzene rings is 2. The number of thiocarbonyl (C=S) groups is 1. The summed E-state index contributed by atoms with van der Waals surface area (Å²) in [6.07, 6.45) is 0.569. The number of H-pyrrole nitrogens is 1. The quantitative estimate of drug-likeness (QED) is 0.536. The highest BCUT2D eigenvalue weighted by Gasteiger charge is 2.14. The Morgan fingerprint density at radius 3 is 2.55 bits per heavy atom. The normalized spacial score (nSPS) is 10.9. The molecule has 0 radical (unpaired) electrons. The van der Waals surface area contributed by atoms with E-state index in [0.29, 0.717) is 30.2 Å². The van der Waals surface area contributed by atoms with Crippen LogP contribution in [-0.4, -0.2) is 33.3 Å². The number of aliphatic hydroxyl groups excluding tert-OH is 1. The Labute approximate surface area is 176 Å². The van der Waals surface area contributed by atoms with Crippen LogP contribution in [-0.2, 0) is 6.54 Å². The fourth-order valence-corrected chi connectivity index (χ4v) is 3.62. The third-order valence-corrected chi connectivity index (χ3v) is 5.29. The molecule has 0 saturated heterocycles. The Hall–Kier alpha value is -2.70. The van der Waals surface area contributed by atoms with Crippen LogP contribution in [0.4, 0.5) is 5.69 Å². The minimum atomic E-state index is -0.121. The summed E-state index contributed by atoms with van der Waals surface area (Å²) in [7, 11) is 0. The van der Waals surface area contributed by atoms with Gasteiger partial charge in [0.1, 0.15) is 0 Å². The van der Waals surface area contributed by atoms with E-state index in [1.807, 2.05) is 49.1 Å². The molecular weight excluding hydrogens is 382 g/mol. The summed E-state index contributed by atoms with van der Waals surface area (Å²) in [4.78, 5) is 17.5. The number of nitrogens with zero attached hydrogens (tertiary/aromatic N) is 1. The molecule has 3 aromatic rings. The highest BCUT2D eigenvalue weighted by Crippen LogP contribution is 2.18. The van der Waals surface area contributed by atoms with Gasteiger partial charge in [0.2, 0.25) is 0 Å². The second-order valence-corrected chi connectivity index (χ2v) is 7.85. The molecule has 0 saturated carbocycles. The standard InChI is InChI=1S/C23H27N3O2S/c1-15-5-7-20(17(3)11-15)25-23(29)26(9-4-10-27)14-19-13-18-12-16(2)6-8-21(18)24-22(19)28/h5-8,11-13,27H,4,9-10,14H2,1-3H3,(H,24,28)(H,25,29). The zero-order valence-electron chi connectivity index (χ0n) is 17.1. The lowest BCUT2D eigenvalue weighted by molar-refractivity contribution is 0.265. The number of aromatic amines is 1. The van der Waals surface area contributed by atoms with Crippen molar-refractivity contribution in [1.29, 1.82) is 0 Å². The SMILES string of the molecule is Cc1ccc(NC(=S)N(CCCO)Cc2cc3cc(C)ccc3[nH]c2=O)c(C)c1. The van der Waals surface area contributed by atoms with Gasteiger partial charge in [0.15, 0.2) is 5.11 Å². The second kappa shape index (κ2) is 9.20. The number of fused-ring (bicyclic) bond motifs is 1. The van der Waals surface area contributed by atoms with Gasteiger partial charge in [0.25, 0.3) is 5.56 Å². The van der Waals surface area contributed by atoms with Crippen LogP contribution >= 0.6 is 12.2 Å². The van der Waals surface area contributed by atoms with E-state index in [4.69, 9.17) is 12.2 Å². The minimum Gasteiger partial charge on any atom is -0.396 e. The van der Waals surface area contributed by atoms with Crippen molar-refractivity contribution in [2.45, 2.75) is 33.7 Å². The van der Waals surface area contributed by atoms with Crippen molar-refractivity contribution in [3.8, 4) is 0 Å². The first kappa shape index (κ1) is 21.0. The van der Waals surface area contributed by atoms with Crippen LogP contribution in [0.15, 0.2) is 47.3 Å². The molecule has 0 amide bonds. The Morgan fingerprint density at radius 1 is 1.10 bits per heavy atom. The molecule has 0 fully saturated rings. The summed E-state index contributed by atoms with van der Waals surface area (Å²) in [6, 6.07) is 14.0. The monoisotopic (exact) mass is 409 g/mol. The molecule has 0 aliphatic carbocycles. The number of hydrogen-bond acceptors (Lipinski definition) is 3. The van der Waals surface area contributed by atoms with E-state index < -0.39 is 0 Å². The molecule has 0 aliphatic rings. The molecule has 3 rings (SSSR count). The lowest BCUT2D eigenvalue weighted by Crippen LogP contribution is -2.37. The van der Waals surface area contributed by atoms with Gasteiger partial charge in [-0.3, -0.25) is 4.79 Å². The van der Waals surface area contributed by atoms with Crippen LogP contribution in [0.1, 0.15) is 28.7 Å². The van der Waals surface area contributed by atoms with Crippen molar-refractivity contribution < 1.29 is 5.11 Å². The fourth-order valence-electron chi connectivity index (χ4n) is 3.36. The molecular formula is C23H27N3O2S. The van der Waals surface area contributed by atoms with Crippen LogP contribution in [0.2, 0.25) is 0 Å². The van der Waals surface area contributed by atoms with E-state index in [-0.39, 0.29) is 12.2 Å². The summed E-state index contributed by atoms with van der Waals surface area (Å²) >= 11 is 5.64. The number of anilines is 1. The van der Waals surface area contributed by atoms with Gasteiger partial charge in [0.05, 0.1) is 6.54 Å². The first-order chi connectivity index (χ1) is 13.9. The molecule has 6 heteroatoms. The van der Waals surface area contributed by atoms with Gasteiger partial charge in [-0.25, -0.2) is 0 Å². The van der Waals surface area contributed by atoms with Crippen molar-refractivity contribution in [3.05, 3.63) is 75.1 Å². The number of aromatic nitrogens is 1. The van der Waals surface area contributed by atoms with Gasteiger partial charge in [-0.2, -0.15) is 0 Å². The average molecular weight is 410 g/mol. The summed E-state index contributed by atoms with van der Waals surface area (Å²) in [5.41, 5.74) is 5.72. The third-order valence-electron chi connectivity index (χ3n) is 4.93. The Morgan fingerprint density at radius 2 is 1.83 bits per heavy atom. The molecule has 29 heavy (non-hydrogen) atoms. The fraction of sp³-hybridized carbons (Fsp3) is 0.304. The van der Waals surface area contributed by atoms with Crippen molar-refractivity contribution >= 4 is 33.9 Å². The first-order valence-corrected chi connectivity index (χ1v) is 10.1. The van der Waals surface area contributed by atoms with E-state index >= 15 is 0 Å². The maximum Gasteiger partial charge on any atom is 0.253 e. The zero-order chi connectivity index (χ0) is 21.0. The average Bonchev–Trinajstić information content (AvgIpc) is 2.67. The molecule has 1 aromatic heterocycles. The lowest BCUT2D eigenvalue weighted by atomic mass is 10.1. The van der Waals surface area contributed by atoms with Crippen LogP contribution in [0.3, 0.4) is 0 Å². The summed E-state index contributed by atoms with van der Waals surface area (Å²) in [5, 5.41) is 14.1. The molecule has 1 heterocycles. The highest BCUT2D eigenvalue weighted by atomic mass is 32.1. The van der Waals surface area contributed by atoms with Gasteiger partial charge in [-0.15, -0.1) is 0 Å². The van der Waals surface area contributed by atoms with Gasteiger partial charge in [0, 0.05) is 29.9 Å². The topological polar surface area (TPSA) is 68.4 Å².